The van der Waals surface area contributed by atoms with Crippen LogP contribution in [0.3, 0.4) is 0 Å². The van der Waals surface area contributed by atoms with Crippen LogP contribution in [0.5, 0.6) is 0 Å². The quantitative estimate of drug-likeness (QED) is 0.573. The molecular formula is C18H16FN3O5S. The highest BCUT2D eigenvalue weighted by Gasteiger charge is 2.41. The number of non-ortho nitro benzene ring substituents is 1. The summed E-state index contributed by atoms with van der Waals surface area (Å²) >= 11 is 0. The molecular weight excluding hydrogens is 389 g/mol. The van der Waals surface area contributed by atoms with Gasteiger partial charge in [-0.3, -0.25) is 14.9 Å². The molecule has 0 bridgehead atoms. The van der Waals surface area contributed by atoms with Crippen molar-refractivity contribution in [3.63, 3.8) is 0 Å². The lowest BCUT2D eigenvalue weighted by atomic mass is 9.91. The summed E-state index contributed by atoms with van der Waals surface area (Å²) in [6.45, 7) is 0.0676. The molecule has 10 heteroatoms. The third kappa shape index (κ3) is 3.04. The zero-order chi connectivity index (χ0) is 20.1. The van der Waals surface area contributed by atoms with Gasteiger partial charge in [0.2, 0.25) is 15.9 Å². The highest BCUT2D eigenvalue weighted by molar-refractivity contribution is 7.89. The van der Waals surface area contributed by atoms with Crippen molar-refractivity contribution in [3.05, 3.63) is 69.5 Å². The number of carbonyl (C=O) groups is 1. The van der Waals surface area contributed by atoms with Gasteiger partial charge in [0.1, 0.15) is 5.82 Å². The van der Waals surface area contributed by atoms with E-state index < -0.39 is 21.0 Å². The summed E-state index contributed by atoms with van der Waals surface area (Å²) in [7, 11) is -4.10. The Kier molecular flexibility index (Phi) is 4.39. The Morgan fingerprint density at radius 2 is 1.96 bits per heavy atom. The van der Waals surface area contributed by atoms with Crippen molar-refractivity contribution >= 4 is 21.6 Å². The van der Waals surface area contributed by atoms with Crippen LogP contribution < -0.4 is 0 Å². The van der Waals surface area contributed by atoms with E-state index in [4.69, 9.17) is 0 Å². The average Bonchev–Trinajstić information content (AvgIpc) is 2.67. The van der Waals surface area contributed by atoms with E-state index in [1.54, 1.807) is 11.0 Å². The Bertz CT molecular complexity index is 1090. The van der Waals surface area contributed by atoms with Gasteiger partial charge in [-0.1, -0.05) is 12.1 Å². The van der Waals surface area contributed by atoms with Gasteiger partial charge in [0, 0.05) is 25.2 Å². The minimum atomic E-state index is -4.10. The van der Waals surface area contributed by atoms with Crippen molar-refractivity contribution < 1.29 is 22.5 Å². The number of hydrogen-bond donors (Lipinski definition) is 0. The van der Waals surface area contributed by atoms with Crippen molar-refractivity contribution in [2.75, 3.05) is 19.6 Å². The normalized spacial score (nSPS) is 19.8. The maximum Gasteiger partial charge on any atom is 0.270 e. The van der Waals surface area contributed by atoms with Crippen LogP contribution in [0.2, 0.25) is 0 Å². The summed E-state index contributed by atoms with van der Waals surface area (Å²) in [6.07, 6.45) is 0.507. The molecule has 1 fully saturated rings. The molecule has 1 atom stereocenters. The molecule has 1 unspecified atom stereocenters. The second-order valence-electron chi connectivity index (χ2n) is 6.75. The van der Waals surface area contributed by atoms with Gasteiger partial charge in [0.25, 0.3) is 5.69 Å². The van der Waals surface area contributed by atoms with Crippen LogP contribution in [0.4, 0.5) is 10.1 Å². The molecule has 0 saturated carbocycles. The van der Waals surface area contributed by atoms with Crippen molar-refractivity contribution in [3.8, 4) is 0 Å². The van der Waals surface area contributed by atoms with E-state index in [9.17, 15) is 27.7 Å². The minimum absolute atomic E-state index is 0.00932. The fraction of sp³-hybridized carbons (Fsp3) is 0.278. The van der Waals surface area contributed by atoms with Crippen LogP contribution in [0.1, 0.15) is 17.2 Å². The van der Waals surface area contributed by atoms with Crippen LogP contribution in [0.25, 0.3) is 0 Å². The number of nitro groups is 1. The van der Waals surface area contributed by atoms with Gasteiger partial charge in [-0.2, -0.15) is 4.31 Å². The van der Waals surface area contributed by atoms with Crippen molar-refractivity contribution in [1.29, 1.82) is 0 Å². The monoisotopic (exact) mass is 405 g/mol. The number of carbonyl (C=O) groups excluding carboxylic acids is 1. The molecule has 0 radical (unpaired) electrons. The van der Waals surface area contributed by atoms with E-state index in [0.29, 0.717) is 13.0 Å². The SMILES string of the molecule is O=C1CN(S(=O)(=O)c2cccc([N+](=O)[O-])c2)CC2c3ccc(F)cc3CCN12. The number of nitrogens with zero attached hydrogens (tertiary/aromatic N) is 3. The van der Waals surface area contributed by atoms with Gasteiger partial charge in [0.05, 0.1) is 22.4 Å². The van der Waals surface area contributed by atoms with Crippen molar-refractivity contribution in [1.82, 2.24) is 9.21 Å². The molecule has 146 valence electrons. The zero-order valence-electron chi connectivity index (χ0n) is 14.6. The predicted molar refractivity (Wildman–Crippen MR) is 96.4 cm³/mol. The zero-order valence-corrected chi connectivity index (χ0v) is 15.4. The van der Waals surface area contributed by atoms with Crippen LogP contribution in [0.15, 0.2) is 47.4 Å². The van der Waals surface area contributed by atoms with E-state index in [-0.39, 0.29) is 35.4 Å². The largest absolute Gasteiger partial charge is 0.333 e. The van der Waals surface area contributed by atoms with E-state index in [0.717, 1.165) is 21.5 Å². The first-order valence-electron chi connectivity index (χ1n) is 8.60. The third-order valence-corrected chi connectivity index (χ3v) is 6.94. The van der Waals surface area contributed by atoms with Crippen LogP contribution in [-0.2, 0) is 21.2 Å². The van der Waals surface area contributed by atoms with Gasteiger partial charge < -0.3 is 4.90 Å². The molecule has 2 aromatic rings. The van der Waals surface area contributed by atoms with Gasteiger partial charge in [-0.25, -0.2) is 12.8 Å². The first kappa shape index (κ1) is 18.5. The fourth-order valence-corrected chi connectivity index (χ4v) is 5.20. The molecule has 2 aliphatic heterocycles. The number of nitro benzene ring substituents is 1. The summed E-state index contributed by atoms with van der Waals surface area (Å²) in [5.41, 5.74) is 1.13. The maximum atomic E-state index is 13.5. The Hall–Kier alpha value is -2.85. The van der Waals surface area contributed by atoms with Gasteiger partial charge in [0.15, 0.2) is 0 Å². The van der Waals surface area contributed by atoms with E-state index in [2.05, 4.69) is 0 Å². The minimum Gasteiger partial charge on any atom is -0.333 e. The van der Waals surface area contributed by atoms with Gasteiger partial charge in [-0.15, -0.1) is 0 Å². The highest BCUT2D eigenvalue weighted by atomic mass is 32.2. The van der Waals surface area contributed by atoms with E-state index in [1.165, 1.54) is 30.3 Å². The molecule has 8 nitrogen and oxygen atoms in total. The van der Waals surface area contributed by atoms with Crippen molar-refractivity contribution in [2.45, 2.75) is 17.4 Å². The molecule has 28 heavy (non-hydrogen) atoms. The molecule has 1 saturated heterocycles. The molecule has 2 aliphatic rings. The maximum absolute atomic E-state index is 13.5. The number of sulfonamides is 1. The number of hydrogen-bond acceptors (Lipinski definition) is 5. The van der Waals surface area contributed by atoms with E-state index >= 15 is 0 Å². The Morgan fingerprint density at radius 3 is 2.71 bits per heavy atom. The van der Waals surface area contributed by atoms with Crippen LogP contribution in [0, 0.1) is 15.9 Å². The lowest BCUT2D eigenvalue weighted by molar-refractivity contribution is -0.385. The summed E-state index contributed by atoms with van der Waals surface area (Å²) in [6, 6.07) is 8.51. The molecule has 1 amide bonds. The Balaban J connectivity index is 1.70. The summed E-state index contributed by atoms with van der Waals surface area (Å²) in [5, 5.41) is 11.0. The summed E-state index contributed by atoms with van der Waals surface area (Å²) in [5.74, 6) is -0.726. The molecule has 0 aromatic heterocycles. The fourth-order valence-electron chi connectivity index (χ4n) is 3.76. The number of piperazine rings is 1. The number of halogens is 1. The topological polar surface area (TPSA) is 101 Å². The lowest BCUT2D eigenvalue weighted by Crippen LogP contribution is -2.55. The number of rotatable bonds is 3. The van der Waals surface area contributed by atoms with Gasteiger partial charge >= 0.3 is 0 Å². The second kappa shape index (κ2) is 6.64. The van der Waals surface area contributed by atoms with Crippen molar-refractivity contribution in [2.24, 2.45) is 0 Å². The molecule has 4 rings (SSSR count). The number of fused-ring (bicyclic) bond motifs is 3. The van der Waals surface area contributed by atoms with E-state index in [1.807, 2.05) is 0 Å². The summed E-state index contributed by atoms with van der Waals surface area (Å²) < 4.78 is 40.6. The number of benzene rings is 2. The molecule has 0 aliphatic carbocycles. The predicted octanol–water partition coefficient (Wildman–Crippen LogP) is 1.86. The summed E-state index contributed by atoms with van der Waals surface area (Å²) in [4.78, 5) is 24.3. The first-order chi connectivity index (χ1) is 13.3. The molecule has 0 spiro atoms. The lowest BCUT2D eigenvalue weighted by Gasteiger charge is -2.44. The molecule has 2 heterocycles. The standard InChI is InChI=1S/C18H16FN3O5S/c19-13-4-5-16-12(8-13)6-7-21-17(16)10-20(11-18(21)23)28(26,27)15-3-1-2-14(9-15)22(24)25/h1-5,8-9,17H,6-7,10-11H2. The first-order valence-corrected chi connectivity index (χ1v) is 10.0. The Labute approximate surface area is 160 Å². The third-order valence-electron chi connectivity index (χ3n) is 5.14. The Morgan fingerprint density at radius 1 is 1.18 bits per heavy atom. The highest BCUT2D eigenvalue weighted by Crippen LogP contribution is 2.35. The number of amides is 1. The smallest absolute Gasteiger partial charge is 0.270 e. The van der Waals surface area contributed by atoms with Crippen LogP contribution >= 0.6 is 0 Å². The molecule has 0 N–H and O–H groups in total. The average molecular weight is 405 g/mol. The second-order valence-corrected chi connectivity index (χ2v) is 8.69. The van der Waals surface area contributed by atoms with Crippen LogP contribution in [-0.4, -0.2) is 48.1 Å². The van der Waals surface area contributed by atoms with Gasteiger partial charge in [-0.05, 0) is 35.7 Å². The molecule has 2 aromatic carbocycles.